The van der Waals surface area contributed by atoms with E-state index in [1.165, 1.54) is 11.1 Å². The number of carbonyl (C=O) groups is 1. The predicted molar refractivity (Wildman–Crippen MR) is 73.3 cm³/mol. The van der Waals surface area contributed by atoms with Crippen molar-refractivity contribution in [2.24, 2.45) is 5.92 Å². The topological polar surface area (TPSA) is 32.3 Å². The van der Waals surface area contributed by atoms with Gasteiger partial charge < -0.3 is 10.2 Å². The van der Waals surface area contributed by atoms with Crippen LogP contribution in [-0.2, 0) is 4.79 Å². The molecular formula is C15H22N2O. The van der Waals surface area contributed by atoms with Gasteiger partial charge in [-0.2, -0.15) is 0 Å². The van der Waals surface area contributed by atoms with Gasteiger partial charge in [0.1, 0.15) is 0 Å². The first kappa shape index (κ1) is 13.1. The predicted octanol–water partition coefficient (Wildman–Crippen LogP) is 2.12. The van der Waals surface area contributed by atoms with E-state index in [4.69, 9.17) is 0 Å². The zero-order valence-electron chi connectivity index (χ0n) is 11.4. The second-order valence-electron chi connectivity index (χ2n) is 5.36. The second kappa shape index (κ2) is 5.53. The van der Waals surface area contributed by atoms with E-state index < -0.39 is 0 Å². The van der Waals surface area contributed by atoms with Crippen LogP contribution in [0.15, 0.2) is 24.3 Å². The monoisotopic (exact) mass is 246 g/mol. The first-order valence-electron chi connectivity index (χ1n) is 6.66. The highest BCUT2D eigenvalue weighted by Crippen LogP contribution is 2.19. The van der Waals surface area contributed by atoms with Crippen LogP contribution in [-0.4, -0.2) is 30.4 Å². The van der Waals surface area contributed by atoms with E-state index in [-0.39, 0.29) is 17.9 Å². The van der Waals surface area contributed by atoms with Crippen LogP contribution in [0.1, 0.15) is 31.0 Å². The molecule has 3 nitrogen and oxygen atoms in total. The van der Waals surface area contributed by atoms with Crippen molar-refractivity contribution in [2.45, 2.75) is 26.8 Å². The molecule has 1 fully saturated rings. The van der Waals surface area contributed by atoms with Gasteiger partial charge in [0.2, 0.25) is 5.91 Å². The Morgan fingerprint density at radius 3 is 2.61 bits per heavy atom. The van der Waals surface area contributed by atoms with Crippen molar-refractivity contribution in [1.82, 2.24) is 10.2 Å². The molecule has 1 saturated heterocycles. The zero-order chi connectivity index (χ0) is 13.1. The third kappa shape index (κ3) is 2.91. The van der Waals surface area contributed by atoms with Crippen LogP contribution in [0.5, 0.6) is 0 Å². The van der Waals surface area contributed by atoms with Crippen LogP contribution in [0, 0.1) is 12.8 Å². The lowest BCUT2D eigenvalue weighted by Crippen LogP contribution is -2.49. The number of hydrogen-bond acceptors (Lipinski definition) is 2. The van der Waals surface area contributed by atoms with Gasteiger partial charge in [0, 0.05) is 31.6 Å². The van der Waals surface area contributed by atoms with Crippen LogP contribution in [0.2, 0.25) is 0 Å². The molecule has 1 atom stereocenters. The van der Waals surface area contributed by atoms with Crippen molar-refractivity contribution in [3.63, 3.8) is 0 Å². The molecule has 0 aliphatic carbocycles. The Balaban J connectivity index is 2.07. The highest BCUT2D eigenvalue weighted by Gasteiger charge is 2.25. The Labute approximate surface area is 109 Å². The van der Waals surface area contributed by atoms with Crippen LogP contribution in [0.25, 0.3) is 0 Å². The Morgan fingerprint density at radius 1 is 1.33 bits per heavy atom. The molecule has 1 heterocycles. The number of rotatable bonds is 2. The molecule has 0 saturated carbocycles. The van der Waals surface area contributed by atoms with Gasteiger partial charge in [-0.05, 0) is 12.5 Å². The Morgan fingerprint density at radius 2 is 2.00 bits per heavy atom. The molecule has 0 bridgehead atoms. The number of nitrogens with one attached hydrogen (secondary N) is 1. The van der Waals surface area contributed by atoms with Crippen molar-refractivity contribution < 1.29 is 4.79 Å². The zero-order valence-corrected chi connectivity index (χ0v) is 11.4. The molecule has 0 aromatic heterocycles. The smallest absolute Gasteiger partial charge is 0.225 e. The van der Waals surface area contributed by atoms with E-state index >= 15 is 0 Å². The SMILES string of the molecule is Cc1ccc(C2CN(C(=O)C(C)C)CCN2)cc1. The fraction of sp³-hybridized carbons (Fsp3) is 0.533. The summed E-state index contributed by atoms with van der Waals surface area (Å²) in [6, 6.07) is 8.81. The number of nitrogens with zero attached hydrogens (tertiary/aromatic N) is 1. The van der Waals surface area contributed by atoms with E-state index in [9.17, 15) is 4.79 Å². The normalized spacial score (nSPS) is 20.2. The second-order valence-corrected chi connectivity index (χ2v) is 5.36. The summed E-state index contributed by atoms with van der Waals surface area (Å²) in [6.07, 6.45) is 0. The number of aryl methyl sites for hydroxylation is 1. The van der Waals surface area contributed by atoms with E-state index in [1.807, 2.05) is 18.7 Å². The van der Waals surface area contributed by atoms with Crippen LogP contribution in [0.4, 0.5) is 0 Å². The van der Waals surface area contributed by atoms with E-state index in [1.54, 1.807) is 0 Å². The van der Waals surface area contributed by atoms with Gasteiger partial charge in [0.25, 0.3) is 0 Å². The van der Waals surface area contributed by atoms with E-state index in [0.717, 1.165) is 19.6 Å². The maximum atomic E-state index is 12.0. The van der Waals surface area contributed by atoms with Crippen LogP contribution in [0.3, 0.4) is 0 Å². The molecule has 1 N–H and O–H groups in total. The van der Waals surface area contributed by atoms with E-state index in [2.05, 4.69) is 36.5 Å². The third-order valence-electron chi connectivity index (χ3n) is 3.46. The summed E-state index contributed by atoms with van der Waals surface area (Å²) in [4.78, 5) is 14.0. The number of hydrogen-bond donors (Lipinski definition) is 1. The molecule has 1 aromatic rings. The summed E-state index contributed by atoms with van der Waals surface area (Å²) >= 11 is 0. The number of carbonyl (C=O) groups excluding carboxylic acids is 1. The minimum Gasteiger partial charge on any atom is -0.339 e. The summed E-state index contributed by atoms with van der Waals surface area (Å²) in [5, 5.41) is 3.48. The largest absolute Gasteiger partial charge is 0.339 e. The Bertz CT molecular complexity index is 411. The standard InChI is InChI=1S/C15H22N2O/c1-11(2)15(18)17-9-8-16-14(10-17)13-6-4-12(3)5-7-13/h4-7,11,14,16H,8-10H2,1-3H3. The highest BCUT2D eigenvalue weighted by molar-refractivity contribution is 5.78. The van der Waals surface area contributed by atoms with Crippen molar-refractivity contribution in [2.75, 3.05) is 19.6 Å². The lowest BCUT2D eigenvalue weighted by Gasteiger charge is -2.35. The first-order chi connectivity index (χ1) is 8.58. The van der Waals surface area contributed by atoms with Crippen LogP contribution < -0.4 is 5.32 Å². The quantitative estimate of drug-likeness (QED) is 0.867. The summed E-state index contributed by atoms with van der Waals surface area (Å²) in [6.45, 7) is 8.49. The number of piperazine rings is 1. The maximum absolute atomic E-state index is 12.0. The summed E-state index contributed by atoms with van der Waals surface area (Å²) in [7, 11) is 0. The molecule has 2 rings (SSSR count). The van der Waals surface area contributed by atoms with Gasteiger partial charge in [0.15, 0.2) is 0 Å². The fourth-order valence-electron chi connectivity index (χ4n) is 2.34. The molecule has 3 heteroatoms. The molecule has 0 spiro atoms. The number of amides is 1. The minimum atomic E-state index is 0.0850. The molecule has 1 unspecified atom stereocenters. The Hall–Kier alpha value is -1.35. The average Bonchev–Trinajstić information content (AvgIpc) is 2.38. The van der Waals surface area contributed by atoms with Gasteiger partial charge in [-0.1, -0.05) is 43.7 Å². The van der Waals surface area contributed by atoms with Crippen LogP contribution >= 0.6 is 0 Å². The molecule has 1 aliphatic heterocycles. The lowest BCUT2D eigenvalue weighted by molar-refractivity contribution is -0.135. The third-order valence-corrected chi connectivity index (χ3v) is 3.46. The molecule has 0 radical (unpaired) electrons. The molecular weight excluding hydrogens is 224 g/mol. The molecule has 18 heavy (non-hydrogen) atoms. The Kier molecular flexibility index (Phi) is 4.02. The van der Waals surface area contributed by atoms with Crippen molar-refractivity contribution in [3.8, 4) is 0 Å². The van der Waals surface area contributed by atoms with Gasteiger partial charge in [-0.15, -0.1) is 0 Å². The van der Waals surface area contributed by atoms with Gasteiger partial charge in [-0.25, -0.2) is 0 Å². The van der Waals surface area contributed by atoms with Crippen molar-refractivity contribution >= 4 is 5.91 Å². The van der Waals surface area contributed by atoms with Crippen molar-refractivity contribution in [1.29, 1.82) is 0 Å². The lowest BCUT2D eigenvalue weighted by atomic mass is 10.0. The summed E-state index contributed by atoms with van der Waals surface area (Å²) in [5.74, 6) is 0.343. The molecule has 1 aromatic carbocycles. The highest BCUT2D eigenvalue weighted by atomic mass is 16.2. The molecule has 1 amide bonds. The molecule has 98 valence electrons. The first-order valence-corrected chi connectivity index (χ1v) is 6.66. The minimum absolute atomic E-state index is 0.0850. The molecule has 1 aliphatic rings. The van der Waals surface area contributed by atoms with Gasteiger partial charge in [0.05, 0.1) is 0 Å². The van der Waals surface area contributed by atoms with Gasteiger partial charge >= 0.3 is 0 Å². The average molecular weight is 246 g/mol. The number of benzene rings is 1. The fourth-order valence-corrected chi connectivity index (χ4v) is 2.34. The van der Waals surface area contributed by atoms with E-state index in [0.29, 0.717) is 0 Å². The summed E-state index contributed by atoms with van der Waals surface area (Å²) < 4.78 is 0. The maximum Gasteiger partial charge on any atom is 0.225 e. The van der Waals surface area contributed by atoms with Gasteiger partial charge in [-0.3, -0.25) is 4.79 Å². The summed E-state index contributed by atoms with van der Waals surface area (Å²) in [5.41, 5.74) is 2.53. The van der Waals surface area contributed by atoms with Crippen molar-refractivity contribution in [3.05, 3.63) is 35.4 Å².